The predicted octanol–water partition coefficient (Wildman–Crippen LogP) is 0.677. The molecule has 1 aromatic carbocycles. The number of sulfonamides is 1. The van der Waals surface area contributed by atoms with Crippen LogP contribution in [-0.4, -0.2) is 21.2 Å². The van der Waals surface area contributed by atoms with Crippen LogP contribution < -0.4 is 10.5 Å². The molecule has 86 valence electrons. The summed E-state index contributed by atoms with van der Waals surface area (Å²) in [5.41, 5.74) is 7.40. The Morgan fingerprint density at radius 3 is 2.69 bits per heavy atom. The van der Waals surface area contributed by atoms with Crippen LogP contribution in [0, 0.1) is 18.8 Å². The first-order valence-electron chi connectivity index (χ1n) is 4.70. The Bertz CT molecular complexity index is 539. The summed E-state index contributed by atoms with van der Waals surface area (Å²) >= 11 is 0. The fourth-order valence-electron chi connectivity index (χ4n) is 1.16. The highest BCUT2D eigenvalue weighted by Gasteiger charge is 2.04. The van der Waals surface area contributed by atoms with Crippen LogP contribution in [0.1, 0.15) is 11.1 Å². The van der Waals surface area contributed by atoms with Crippen molar-refractivity contribution >= 4 is 15.7 Å². The number of aryl methyl sites for hydroxylation is 1. The molecular weight excluding hydrogens is 224 g/mol. The zero-order chi connectivity index (χ0) is 12.2. The van der Waals surface area contributed by atoms with Crippen molar-refractivity contribution in [3.8, 4) is 11.8 Å². The number of anilines is 1. The molecule has 5 heteroatoms. The Kier molecular flexibility index (Phi) is 3.93. The zero-order valence-electron chi connectivity index (χ0n) is 9.24. The lowest BCUT2D eigenvalue weighted by Gasteiger charge is -2.07. The second-order valence-corrected chi connectivity index (χ2v) is 5.16. The summed E-state index contributed by atoms with van der Waals surface area (Å²) in [6, 6.07) is 5.33. The minimum Gasteiger partial charge on any atom is -0.320 e. The van der Waals surface area contributed by atoms with Gasteiger partial charge in [-0.05, 0) is 24.6 Å². The highest BCUT2D eigenvalue weighted by molar-refractivity contribution is 7.92. The van der Waals surface area contributed by atoms with E-state index in [0.29, 0.717) is 5.69 Å². The third-order valence-electron chi connectivity index (χ3n) is 1.87. The summed E-state index contributed by atoms with van der Waals surface area (Å²) in [6.45, 7) is 2.11. The SMILES string of the molecule is Cc1ccc(C#CCN)cc1NS(C)(=O)=O. The van der Waals surface area contributed by atoms with Crippen LogP contribution in [0.15, 0.2) is 18.2 Å². The third kappa shape index (κ3) is 3.93. The molecule has 0 aliphatic rings. The minimum absolute atomic E-state index is 0.280. The molecule has 0 amide bonds. The number of rotatable bonds is 2. The second kappa shape index (κ2) is 5.01. The van der Waals surface area contributed by atoms with Gasteiger partial charge < -0.3 is 5.73 Å². The van der Waals surface area contributed by atoms with Crippen LogP contribution in [0.25, 0.3) is 0 Å². The van der Waals surface area contributed by atoms with Gasteiger partial charge in [0.25, 0.3) is 0 Å². The van der Waals surface area contributed by atoms with Crippen molar-refractivity contribution in [1.29, 1.82) is 0 Å². The van der Waals surface area contributed by atoms with Crippen molar-refractivity contribution in [3.05, 3.63) is 29.3 Å². The van der Waals surface area contributed by atoms with Crippen molar-refractivity contribution in [2.24, 2.45) is 5.73 Å². The molecule has 0 heterocycles. The van der Waals surface area contributed by atoms with Crippen LogP contribution >= 0.6 is 0 Å². The molecule has 0 atom stereocenters. The van der Waals surface area contributed by atoms with Crippen LogP contribution in [0.5, 0.6) is 0 Å². The zero-order valence-corrected chi connectivity index (χ0v) is 10.1. The van der Waals surface area contributed by atoms with Gasteiger partial charge in [0.2, 0.25) is 10.0 Å². The molecule has 1 rings (SSSR count). The maximum absolute atomic E-state index is 11.1. The predicted molar refractivity (Wildman–Crippen MR) is 65.6 cm³/mol. The molecular formula is C11H14N2O2S. The van der Waals surface area contributed by atoms with Crippen LogP contribution in [0.4, 0.5) is 5.69 Å². The van der Waals surface area contributed by atoms with Gasteiger partial charge in [0, 0.05) is 5.56 Å². The van der Waals surface area contributed by atoms with Crippen molar-refractivity contribution in [2.75, 3.05) is 17.5 Å². The quantitative estimate of drug-likeness (QED) is 0.744. The largest absolute Gasteiger partial charge is 0.320 e. The normalized spacial score (nSPS) is 10.4. The lowest BCUT2D eigenvalue weighted by atomic mass is 10.1. The van der Waals surface area contributed by atoms with E-state index >= 15 is 0 Å². The van der Waals surface area contributed by atoms with Gasteiger partial charge >= 0.3 is 0 Å². The molecule has 0 saturated heterocycles. The van der Waals surface area contributed by atoms with E-state index in [2.05, 4.69) is 16.6 Å². The summed E-state index contributed by atoms with van der Waals surface area (Å²) in [7, 11) is -3.26. The molecule has 3 N–H and O–H groups in total. The molecule has 4 nitrogen and oxygen atoms in total. The van der Waals surface area contributed by atoms with E-state index in [-0.39, 0.29) is 6.54 Å². The highest BCUT2D eigenvalue weighted by atomic mass is 32.2. The maximum atomic E-state index is 11.1. The molecule has 0 saturated carbocycles. The number of hydrogen-bond acceptors (Lipinski definition) is 3. The molecule has 0 unspecified atom stereocenters. The summed E-state index contributed by atoms with van der Waals surface area (Å²) in [5, 5.41) is 0. The number of hydrogen-bond donors (Lipinski definition) is 2. The maximum Gasteiger partial charge on any atom is 0.229 e. The number of nitrogens with two attached hydrogens (primary N) is 1. The van der Waals surface area contributed by atoms with E-state index in [0.717, 1.165) is 17.4 Å². The minimum atomic E-state index is -3.26. The van der Waals surface area contributed by atoms with Gasteiger partial charge in [-0.1, -0.05) is 17.9 Å². The fourth-order valence-corrected chi connectivity index (χ4v) is 1.78. The number of nitrogens with one attached hydrogen (secondary N) is 1. The molecule has 0 spiro atoms. The first kappa shape index (κ1) is 12.6. The first-order valence-corrected chi connectivity index (χ1v) is 6.59. The van der Waals surface area contributed by atoms with Gasteiger partial charge in [0.1, 0.15) is 0 Å². The summed E-state index contributed by atoms with van der Waals surface area (Å²) < 4.78 is 24.7. The molecule has 1 aromatic rings. The Hall–Kier alpha value is -1.51. The smallest absolute Gasteiger partial charge is 0.229 e. The second-order valence-electron chi connectivity index (χ2n) is 3.41. The van der Waals surface area contributed by atoms with E-state index in [4.69, 9.17) is 5.73 Å². The monoisotopic (exact) mass is 238 g/mol. The van der Waals surface area contributed by atoms with E-state index < -0.39 is 10.0 Å². The summed E-state index contributed by atoms with van der Waals surface area (Å²) in [6.07, 6.45) is 1.12. The topological polar surface area (TPSA) is 72.2 Å². The number of benzene rings is 1. The van der Waals surface area contributed by atoms with E-state index in [9.17, 15) is 8.42 Å². The highest BCUT2D eigenvalue weighted by Crippen LogP contribution is 2.17. The molecule has 0 aliphatic carbocycles. The van der Waals surface area contributed by atoms with Crippen molar-refractivity contribution in [3.63, 3.8) is 0 Å². The standard InChI is InChI=1S/C11H14N2O2S/c1-9-5-6-10(4-3-7-12)8-11(9)13-16(2,14)15/h5-6,8,13H,7,12H2,1-2H3. The van der Waals surface area contributed by atoms with Gasteiger partial charge in [-0.15, -0.1) is 0 Å². The Morgan fingerprint density at radius 2 is 2.12 bits per heavy atom. The summed E-state index contributed by atoms with van der Waals surface area (Å²) in [5.74, 6) is 5.56. The summed E-state index contributed by atoms with van der Waals surface area (Å²) in [4.78, 5) is 0. The first-order chi connectivity index (χ1) is 7.42. The van der Waals surface area contributed by atoms with Crippen molar-refractivity contribution in [1.82, 2.24) is 0 Å². The van der Waals surface area contributed by atoms with Crippen molar-refractivity contribution < 1.29 is 8.42 Å². The Balaban J connectivity index is 3.09. The third-order valence-corrected chi connectivity index (χ3v) is 2.46. The van der Waals surface area contributed by atoms with E-state index in [1.54, 1.807) is 6.07 Å². The van der Waals surface area contributed by atoms with Gasteiger partial charge in [-0.3, -0.25) is 4.72 Å². The van der Waals surface area contributed by atoms with Gasteiger partial charge in [-0.25, -0.2) is 8.42 Å². The van der Waals surface area contributed by atoms with E-state index in [1.165, 1.54) is 0 Å². The Morgan fingerprint density at radius 1 is 1.44 bits per heavy atom. The average molecular weight is 238 g/mol. The lowest BCUT2D eigenvalue weighted by molar-refractivity contribution is 0.607. The lowest BCUT2D eigenvalue weighted by Crippen LogP contribution is -2.10. The Labute approximate surface area is 95.9 Å². The van der Waals surface area contributed by atoms with Gasteiger partial charge in [0.05, 0.1) is 18.5 Å². The molecule has 0 aliphatic heterocycles. The molecule has 0 bridgehead atoms. The van der Waals surface area contributed by atoms with Gasteiger partial charge in [-0.2, -0.15) is 0 Å². The molecule has 0 radical (unpaired) electrons. The van der Waals surface area contributed by atoms with Crippen molar-refractivity contribution in [2.45, 2.75) is 6.92 Å². The molecule has 16 heavy (non-hydrogen) atoms. The molecule has 0 aromatic heterocycles. The average Bonchev–Trinajstić information content (AvgIpc) is 2.17. The van der Waals surface area contributed by atoms with E-state index in [1.807, 2.05) is 19.1 Å². The van der Waals surface area contributed by atoms with Gasteiger partial charge in [0.15, 0.2) is 0 Å². The molecule has 0 fully saturated rings. The van der Waals surface area contributed by atoms with Crippen LogP contribution in [-0.2, 0) is 10.0 Å². The van der Waals surface area contributed by atoms with Crippen LogP contribution in [0.2, 0.25) is 0 Å². The van der Waals surface area contributed by atoms with Crippen LogP contribution in [0.3, 0.4) is 0 Å². The fraction of sp³-hybridized carbons (Fsp3) is 0.273.